The molecule has 0 saturated carbocycles. The third-order valence-corrected chi connectivity index (χ3v) is 6.76. The summed E-state index contributed by atoms with van der Waals surface area (Å²) in [5.41, 5.74) is 0.594. The number of benzene rings is 1. The molecule has 1 aliphatic rings. The number of halogens is 2. The highest BCUT2D eigenvalue weighted by atomic mass is 35.5. The van der Waals surface area contributed by atoms with Crippen molar-refractivity contribution in [1.82, 2.24) is 14.8 Å². The molecular weight excluding hydrogens is 459 g/mol. The number of rotatable bonds is 6. The minimum absolute atomic E-state index is 0.0929. The number of anilines is 1. The lowest BCUT2D eigenvalue weighted by Gasteiger charge is -2.34. The van der Waals surface area contributed by atoms with Gasteiger partial charge in [0.05, 0.1) is 16.0 Å². The van der Waals surface area contributed by atoms with Gasteiger partial charge < -0.3 is 9.80 Å². The first-order valence-corrected chi connectivity index (χ1v) is 11.8. The number of amides is 3. The molecule has 0 aliphatic carbocycles. The number of nitrogens with one attached hydrogen (secondary N) is 1. The van der Waals surface area contributed by atoms with Gasteiger partial charge in [-0.15, -0.1) is 11.3 Å². The van der Waals surface area contributed by atoms with Crippen LogP contribution in [-0.4, -0.2) is 58.7 Å². The van der Waals surface area contributed by atoms with Crippen LogP contribution in [-0.2, 0) is 4.79 Å². The van der Waals surface area contributed by atoms with Gasteiger partial charge in [0.25, 0.3) is 11.8 Å². The first kappa shape index (κ1) is 23.5. The Morgan fingerprint density at radius 1 is 1.23 bits per heavy atom. The molecular formula is C21H24Cl2N4O3S. The van der Waals surface area contributed by atoms with Crippen LogP contribution in [0.5, 0.6) is 0 Å². The molecule has 31 heavy (non-hydrogen) atoms. The van der Waals surface area contributed by atoms with Crippen LogP contribution >= 0.6 is 34.5 Å². The number of hydrogen-bond acceptors (Lipinski definition) is 5. The summed E-state index contributed by atoms with van der Waals surface area (Å²) in [4.78, 5) is 45.8. The number of nitrogens with zero attached hydrogens (tertiary/aromatic N) is 3. The van der Waals surface area contributed by atoms with Gasteiger partial charge >= 0.3 is 0 Å². The molecule has 1 N–H and O–H groups in total. The predicted octanol–water partition coefficient (Wildman–Crippen LogP) is 4.42. The molecule has 2 aromatic rings. The minimum atomic E-state index is -0.394. The number of carbonyl (C=O) groups excluding carboxylic acids is 3. The van der Waals surface area contributed by atoms with Gasteiger partial charge in [0.2, 0.25) is 5.91 Å². The molecule has 1 aromatic heterocycles. The number of thiazole rings is 1. The number of carbonyl (C=O) groups is 3. The Hall–Kier alpha value is -2.16. The molecule has 3 rings (SSSR count). The van der Waals surface area contributed by atoms with E-state index in [4.69, 9.17) is 23.2 Å². The predicted molar refractivity (Wildman–Crippen MR) is 123 cm³/mol. The van der Waals surface area contributed by atoms with Crippen molar-refractivity contribution in [3.8, 4) is 0 Å². The monoisotopic (exact) mass is 482 g/mol. The van der Waals surface area contributed by atoms with E-state index in [9.17, 15) is 14.4 Å². The minimum Gasteiger partial charge on any atom is -0.343 e. The standard InChI is InChI=1S/C21H24Cl2N4O3S/c1-3-26(4-2)19(29)14-6-5-9-27(11-14)20(30)17-12-31-21(24-17)25-18(28)13-7-8-15(22)16(23)10-13/h7-8,10,12,14H,3-6,9,11H2,1-2H3,(H,24,25,28). The van der Waals surface area contributed by atoms with E-state index >= 15 is 0 Å². The maximum absolute atomic E-state index is 12.9. The zero-order valence-electron chi connectivity index (χ0n) is 17.4. The van der Waals surface area contributed by atoms with Crippen LogP contribution in [0.25, 0.3) is 0 Å². The smallest absolute Gasteiger partial charge is 0.273 e. The van der Waals surface area contributed by atoms with Crippen molar-refractivity contribution >= 4 is 57.4 Å². The second-order valence-electron chi connectivity index (χ2n) is 7.22. The second-order valence-corrected chi connectivity index (χ2v) is 8.89. The van der Waals surface area contributed by atoms with Crippen molar-refractivity contribution in [2.45, 2.75) is 26.7 Å². The van der Waals surface area contributed by atoms with Crippen LogP contribution < -0.4 is 5.32 Å². The average molecular weight is 483 g/mol. The SMILES string of the molecule is CCN(CC)C(=O)C1CCCN(C(=O)c2csc(NC(=O)c3ccc(Cl)c(Cl)c3)n2)C1. The zero-order valence-corrected chi connectivity index (χ0v) is 19.7. The van der Waals surface area contributed by atoms with E-state index in [1.165, 1.54) is 17.4 Å². The summed E-state index contributed by atoms with van der Waals surface area (Å²) in [5.74, 6) is -0.724. The first-order valence-electron chi connectivity index (χ1n) is 10.1. The van der Waals surface area contributed by atoms with E-state index in [1.807, 2.05) is 13.8 Å². The lowest BCUT2D eigenvalue weighted by Crippen LogP contribution is -2.46. The number of aromatic nitrogens is 1. The van der Waals surface area contributed by atoms with E-state index in [0.29, 0.717) is 41.9 Å². The molecule has 1 saturated heterocycles. The van der Waals surface area contributed by atoms with Gasteiger partial charge in [0.1, 0.15) is 5.69 Å². The van der Waals surface area contributed by atoms with E-state index in [-0.39, 0.29) is 28.4 Å². The Morgan fingerprint density at radius 2 is 1.97 bits per heavy atom. The van der Waals surface area contributed by atoms with E-state index in [2.05, 4.69) is 10.3 Å². The molecule has 0 bridgehead atoms. The molecule has 166 valence electrons. The van der Waals surface area contributed by atoms with Crippen molar-refractivity contribution in [1.29, 1.82) is 0 Å². The van der Waals surface area contributed by atoms with Gasteiger partial charge in [-0.3, -0.25) is 19.7 Å². The van der Waals surface area contributed by atoms with Gasteiger partial charge in [0.15, 0.2) is 5.13 Å². The van der Waals surface area contributed by atoms with Crippen molar-refractivity contribution in [3.63, 3.8) is 0 Å². The lowest BCUT2D eigenvalue weighted by atomic mass is 9.96. The van der Waals surface area contributed by atoms with Crippen molar-refractivity contribution in [2.24, 2.45) is 5.92 Å². The second kappa shape index (κ2) is 10.4. The zero-order chi connectivity index (χ0) is 22.5. The molecule has 0 radical (unpaired) electrons. The van der Waals surface area contributed by atoms with Gasteiger partial charge in [-0.05, 0) is 44.9 Å². The molecule has 1 aromatic carbocycles. The van der Waals surface area contributed by atoms with Crippen molar-refractivity contribution in [3.05, 3.63) is 44.9 Å². The lowest BCUT2D eigenvalue weighted by molar-refractivity contribution is -0.136. The molecule has 1 atom stereocenters. The molecule has 7 nitrogen and oxygen atoms in total. The topological polar surface area (TPSA) is 82.6 Å². The summed E-state index contributed by atoms with van der Waals surface area (Å²) in [5, 5.41) is 5.24. The molecule has 1 unspecified atom stereocenters. The molecule has 10 heteroatoms. The Morgan fingerprint density at radius 3 is 2.65 bits per heavy atom. The summed E-state index contributed by atoms with van der Waals surface area (Å²) in [6.45, 7) is 6.20. The van der Waals surface area contributed by atoms with Crippen LogP contribution in [0.4, 0.5) is 5.13 Å². The Kier molecular flexibility index (Phi) is 7.91. The van der Waals surface area contributed by atoms with Crippen LogP contribution in [0.1, 0.15) is 47.5 Å². The van der Waals surface area contributed by atoms with E-state index in [1.54, 1.807) is 27.3 Å². The van der Waals surface area contributed by atoms with Crippen LogP contribution in [0.2, 0.25) is 10.0 Å². The molecule has 1 aliphatic heterocycles. The van der Waals surface area contributed by atoms with Gasteiger partial charge in [-0.2, -0.15) is 0 Å². The normalized spacial score (nSPS) is 16.1. The number of likely N-dealkylation sites (tertiary alicyclic amines) is 1. The highest BCUT2D eigenvalue weighted by Crippen LogP contribution is 2.25. The first-order chi connectivity index (χ1) is 14.8. The third kappa shape index (κ3) is 5.56. The fourth-order valence-corrected chi connectivity index (χ4v) is 4.53. The molecule has 3 amide bonds. The summed E-state index contributed by atoms with van der Waals surface area (Å²) in [6, 6.07) is 4.57. The summed E-state index contributed by atoms with van der Waals surface area (Å²) in [6.07, 6.45) is 1.55. The quantitative estimate of drug-likeness (QED) is 0.660. The fourth-order valence-electron chi connectivity index (χ4n) is 3.55. The van der Waals surface area contributed by atoms with Gasteiger partial charge in [-0.1, -0.05) is 23.2 Å². The Balaban J connectivity index is 1.64. The number of hydrogen-bond donors (Lipinski definition) is 1. The highest BCUT2D eigenvalue weighted by molar-refractivity contribution is 7.14. The Labute approximate surface area is 195 Å². The summed E-state index contributed by atoms with van der Waals surface area (Å²) >= 11 is 13.0. The number of piperidine rings is 1. The summed E-state index contributed by atoms with van der Waals surface area (Å²) < 4.78 is 0. The fraction of sp³-hybridized carbons (Fsp3) is 0.429. The molecule has 0 spiro atoms. The maximum atomic E-state index is 12.9. The average Bonchev–Trinajstić information content (AvgIpc) is 3.24. The van der Waals surface area contributed by atoms with Gasteiger partial charge in [0, 0.05) is 37.1 Å². The van der Waals surface area contributed by atoms with E-state index < -0.39 is 5.91 Å². The highest BCUT2D eigenvalue weighted by Gasteiger charge is 2.31. The van der Waals surface area contributed by atoms with E-state index in [0.717, 1.165) is 12.8 Å². The van der Waals surface area contributed by atoms with Crippen molar-refractivity contribution < 1.29 is 14.4 Å². The Bertz CT molecular complexity index is 977. The molecule has 1 fully saturated rings. The largest absolute Gasteiger partial charge is 0.343 e. The third-order valence-electron chi connectivity index (χ3n) is 5.26. The van der Waals surface area contributed by atoms with Crippen LogP contribution in [0.15, 0.2) is 23.6 Å². The molecule has 2 heterocycles. The van der Waals surface area contributed by atoms with Crippen LogP contribution in [0, 0.1) is 5.92 Å². The summed E-state index contributed by atoms with van der Waals surface area (Å²) in [7, 11) is 0. The maximum Gasteiger partial charge on any atom is 0.273 e. The van der Waals surface area contributed by atoms with Crippen molar-refractivity contribution in [2.75, 3.05) is 31.5 Å². The van der Waals surface area contributed by atoms with Gasteiger partial charge in [-0.25, -0.2) is 4.98 Å². The van der Waals surface area contributed by atoms with Crippen LogP contribution in [0.3, 0.4) is 0 Å².